The molecule has 2 heterocycles. The molecule has 2 aliphatic rings. The van der Waals surface area contributed by atoms with Crippen molar-refractivity contribution in [3.8, 4) is 0 Å². The minimum Gasteiger partial charge on any atom is -0.298 e. The lowest BCUT2D eigenvalue weighted by Crippen LogP contribution is -2.41. The number of nitrogens with one attached hydrogen (secondary N) is 1. The molecule has 1 fully saturated rings. The Balaban J connectivity index is 1.43. The van der Waals surface area contributed by atoms with Crippen molar-refractivity contribution < 1.29 is 13.2 Å². The van der Waals surface area contributed by atoms with Crippen molar-refractivity contribution in [1.29, 1.82) is 0 Å². The Morgan fingerprint density at radius 2 is 1.91 bits per heavy atom. The molecule has 0 atom stereocenters. The Kier molecular flexibility index (Phi) is 7.83. The molecule has 1 aliphatic heterocycles. The monoisotopic (exact) mass is 490 g/mol. The van der Waals surface area contributed by atoms with Crippen LogP contribution in [-0.2, 0) is 23.0 Å². The third-order valence-electron chi connectivity index (χ3n) is 6.59. The van der Waals surface area contributed by atoms with Crippen LogP contribution in [0.3, 0.4) is 0 Å². The van der Waals surface area contributed by atoms with Gasteiger partial charge in [0.05, 0.1) is 10.6 Å². The van der Waals surface area contributed by atoms with Gasteiger partial charge in [0.2, 0.25) is 10.0 Å². The zero-order chi connectivity index (χ0) is 23.4. The number of thiazole rings is 1. The normalized spacial score (nSPS) is 17.8. The van der Waals surface area contributed by atoms with Crippen molar-refractivity contribution in [2.75, 3.05) is 25.0 Å². The molecule has 1 N–H and O–H groups in total. The Bertz CT molecular complexity index is 1060. The first kappa shape index (κ1) is 24.3. The third kappa shape index (κ3) is 5.48. The van der Waals surface area contributed by atoms with E-state index in [9.17, 15) is 13.2 Å². The number of carbonyl (C=O) groups is 1. The molecule has 0 saturated heterocycles. The molecule has 0 radical (unpaired) electrons. The van der Waals surface area contributed by atoms with Gasteiger partial charge in [-0.15, -0.1) is 11.3 Å². The van der Waals surface area contributed by atoms with E-state index in [0.29, 0.717) is 17.2 Å². The van der Waals surface area contributed by atoms with E-state index < -0.39 is 10.0 Å². The van der Waals surface area contributed by atoms with E-state index in [1.165, 1.54) is 22.6 Å². The molecule has 180 valence electrons. The summed E-state index contributed by atoms with van der Waals surface area (Å²) >= 11 is 1.53. The van der Waals surface area contributed by atoms with E-state index in [1.807, 2.05) is 6.92 Å². The highest BCUT2D eigenvalue weighted by Crippen LogP contribution is 2.30. The summed E-state index contributed by atoms with van der Waals surface area (Å²) in [7, 11) is -3.58. The Morgan fingerprint density at radius 3 is 2.58 bits per heavy atom. The van der Waals surface area contributed by atoms with E-state index in [4.69, 9.17) is 0 Å². The molecule has 0 unspecified atom stereocenters. The SMILES string of the molecule is CCCN1CCc2nc(NC(=O)c3ccc(S(=O)(=O)N(CC)C4CCCCC4)cc3)sc2C1. The molecular weight excluding hydrogens is 456 g/mol. The van der Waals surface area contributed by atoms with Gasteiger partial charge >= 0.3 is 0 Å². The summed E-state index contributed by atoms with van der Waals surface area (Å²) in [5, 5.41) is 3.50. The topological polar surface area (TPSA) is 82.6 Å². The molecular formula is C24H34N4O3S2. The summed E-state index contributed by atoms with van der Waals surface area (Å²) in [6, 6.07) is 6.35. The number of sulfonamides is 1. The number of anilines is 1. The van der Waals surface area contributed by atoms with Crippen LogP contribution in [0, 0.1) is 0 Å². The summed E-state index contributed by atoms with van der Waals surface area (Å²) < 4.78 is 28.1. The van der Waals surface area contributed by atoms with Crippen LogP contribution in [0.1, 0.15) is 73.3 Å². The van der Waals surface area contributed by atoms with E-state index in [0.717, 1.165) is 63.9 Å². The maximum atomic E-state index is 13.2. The van der Waals surface area contributed by atoms with E-state index >= 15 is 0 Å². The zero-order valence-electron chi connectivity index (χ0n) is 19.5. The molecule has 1 saturated carbocycles. The second-order valence-corrected chi connectivity index (χ2v) is 11.9. The lowest BCUT2D eigenvalue weighted by Gasteiger charge is -2.32. The van der Waals surface area contributed by atoms with Gasteiger partial charge in [-0.2, -0.15) is 4.31 Å². The van der Waals surface area contributed by atoms with E-state index in [1.54, 1.807) is 28.6 Å². The molecule has 9 heteroatoms. The summed E-state index contributed by atoms with van der Waals surface area (Å²) in [6.45, 7) is 7.50. The van der Waals surface area contributed by atoms with Gasteiger partial charge in [-0.1, -0.05) is 33.1 Å². The minimum atomic E-state index is -3.58. The van der Waals surface area contributed by atoms with Gasteiger partial charge in [0.1, 0.15) is 0 Å². The van der Waals surface area contributed by atoms with Crippen molar-refractivity contribution >= 4 is 32.4 Å². The molecule has 0 spiro atoms. The van der Waals surface area contributed by atoms with Crippen molar-refractivity contribution in [1.82, 2.24) is 14.2 Å². The standard InChI is InChI=1S/C24H34N4O3S2/c1-3-15-27-16-14-21-22(17-27)32-24(25-21)26-23(29)18-10-12-20(13-11-18)33(30,31)28(4-2)19-8-6-5-7-9-19/h10-13,19H,3-9,14-17H2,1-2H3,(H,25,26,29). The molecule has 1 aromatic carbocycles. The quantitative estimate of drug-likeness (QED) is 0.589. The Hall–Kier alpha value is -1.81. The first-order chi connectivity index (χ1) is 15.9. The number of nitrogens with zero attached hydrogens (tertiary/aromatic N) is 3. The molecule has 2 aromatic rings. The van der Waals surface area contributed by atoms with Crippen LogP contribution in [0.2, 0.25) is 0 Å². The lowest BCUT2D eigenvalue weighted by molar-refractivity contribution is 0.102. The Labute approximate surface area is 201 Å². The highest BCUT2D eigenvalue weighted by atomic mass is 32.2. The van der Waals surface area contributed by atoms with Gasteiger partial charge < -0.3 is 0 Å². The fraction of sp³-hybridized carbons (Fsp3) is 0.583. The second kappa shape index (κ2) is 10.6. The Morgan fingerprint density at radius 1 is 1.18 bits per heavy atom. The number of aromatic nitrogens is 1. The summed E-state index contributed by atoms with van der Waals surface area (Å²) in [5.74, 6) is -0.268. The number of hydrogen-bond donors (Lipinski definition) is 1. The van der Waals surface area contributed by atoms with Crippen molar-refractivity contribution in [3.63, 3.8) is 0 Å². The first-order valence-electron chi connectivity index (χ1n) is 12.1. The van der Waals surface area contributed by atoms with Crippen LogP contribution in [0.5, 0.6) is 0 Å². The van der Waals surface area contributed by atoms with Gasteiger partial charge in [0, 0.05) is 42.5 Å². The predicted octanol–water partition coefficient (Wildman–Crippen LogP) is 4.51. The molecule has 33 heavy (non-hydrogen) atoms. The fourth-order valence-electron chi connectivity index (χ4n) is 4.89. The first-order valence-corrected chi connectivity index (χ1v) is 14.3. The highest BCUT2D eigenvalue weighted by Gasteiger charge is 2.31. The minimum absolute atomic E-state index is 0.0703. The van der Waals surface area contributed by atoms with Gasteiger partial charge in [-0.25, -0.2) is 13.4 Å². The van der Waals surface area contributed by atoms with Crippen molar-refractivity contribution in [2.45, 2.75) is 76.3 Å². The van der Waals surface area contributed by atoms with Gasteiger partial charge in [0.25, 0.3) is 5.91 Å². The van der Waals surface area contributed by atoms with E-state index in [2.05, 4.69) is 22.1 Å². The zero-order valence-corrected chi connectivity index (χ0v) is 21.2. The lowest BCUT2D eigenvalue weighted by atomic mass is 9.95. The highest BCUT2D eigenvalue weighted by molar-refractivity contribution is 7.89. The third-order valence-corrected chi connectivity index (χ3v) is 9.63. The van der Waals surface area contributed by atoms with Crippen molar-refractivity contribution in [3.05, 3.63) is 40.4 Å². The smallest absolute Gasteiger partial charge is 0.257 e. The number of amides is 1. The van der Waals surface area contributed by atoms with Crippen LogP contribution in [0.15, 0.2) is 29.2 Å². The summed E-state index contributed by atoms with van der Waals surface area (Å²) in [5.41, 5.74) is 1.50. The fourth-order valence-corrected chi connectivity index (χ4v) is 7.62. The van der Waals surface area contributed by atoms with Gasteiger partial charge in [-0.05, 0) is 50.1 Å². The largest absolute Gasteiger partial charge is 0.298 e. The maximum absolute atomic E-state index is 13.2. The number of fused-ring (bicyclic) bond motifs is 1. The van der Waals surface area contributed by atoms with Crippen LogP contribution < -0.4 is 5.32 Å². The number of rotatable bonds is 8. The molecule has 1 amide bonds. The predicted molar refractivity (Wildman–Crippen MR) is 132 cm³/mol. The second-order valence-electron chi connectivity index (χ2n) is 8.89. The number of carbonyl (C=O) groups excluding carboxylic acids is 1. The molecule has 7 nitrogen and oxygen atoms in total. The summed E-state index contributed by atoms with van der Waals surface area (Å²) in [4.78, 5) is 21.3. The van der Waals surface area contributed by atoms with Gasteiger partial charge in [-0.3, -0.25) is 15.0 Å². The van der Waals surface area contributed by atoms with Crippen LogP contribution >= 0.6 is 11.3 Å². The number of benzene rings is 1. The number of hydrogen-bond acceptors (Lipinski definition) is 6. The molecule has 1 aliphatic carbocycles. The molecule has 0 bridgehead atoms. The average Bonchev–Trinajstić information content (AvgIpc) is 3.22. The molecule has 1 aromatic heterocycles. The average molecular weight is 491 g/mol. The van der Waals surface area contributed by atoms with Crippen LogP contribution in [0.4, 0.5) is 5.13 Å². The van der Waals surface area contributed by atoms with E-state index in [-0.39, 0.29) is 16.8 Å². The van der Waals surface area contributed by atoms with Gasteiger partial charge in [0.15, 0.2) is 5.13 Å². The molecule has 4 rings (SSSR count). The van der Waals surface area contributed by atoms with Crippen LogP contribution in [-0.4, -0.2) is 54.2 Å². The maximum Gasteiger partial charge on any atom is 0.257 e. The van der Waals surface area contributed by atoms with Crippen LogP contribution in [0.25, 0.3) is 0 Å². The summed E-state index contributed by atoms with van der Waals surface area (Å²) in [6.07, 6.45) is 7.20. The van der Waals surface area contributed by atoms with Crippen molar-refractivity contribution in [2.24, 2.45) is 0 Å².